The predicted molar refractivity (Wildman–Crippen MR) is 49.6 cm³/mol. The normalized spacial score (nSPS) is 13.9. The summed E-state index contributed by atoms with van der Waals surface area (Å²) in [4.78, 5) is 8.56. The Kier molecular flexibility index (Phi) is 1.68. The van der Waals surface area contributed by atoms with Crippen LogP contribution in [0.5, 0.6) is 0 Å². The summed E-state index contributed by atoms with van der Waals surface area (Å²) in [6.45, 7) is 5.11. The third kappa shape index (κ3) is 1.13. The summed E-state index contributed by atoms with van der Waals surface area (Å²) in [6, 6.07) is 2.14. The van der Waals surface area contributed by atoms with Crippen molar-refractivity contribution in [2.45, 2.75) is 26.3 Å². The van der Waals surface area contributed by atoms with Crippen LogP contribution in [0.3, 0.4) is 0 Å². The lowest BCUT2D eigenvalue weighted by atomic mass is 10.1. The van der Waals surface area contributed by atoms with E-state index < -0.39 is 0 Å². The summed E-state index contributed by atoms with van der Waals surface area (Å²) in [5.74, 6) is 0.504. The topological polar surface area (TPSA) is 25.2 Å². The van der Waals surface area contributed by atoms with Crippen LogP contribution in [0.4, 0.5) is 0 Å². The summed E-state index contributed by atoms with van der Waals surface area (Å²) in [7, 11) is 0. The van der Waals surface area contributed by atoms with E-state index in [1.165, 1.54) is 11.1 Å². The lowest BCUT2D eigenvalue weighted by Gasteiger charge is -2.05. The van der Waals surface area contributed by atoms with E-state index in [0.29, 0.717) is 5.92 Å². The van der Waals surface area contributed by atoms with Gasteiger partial charge in [0, 0.05) is 29.2 Å². The molecule has 2 nitrogen and oxygen atoms in total. The molecule has 1 aliphatic rings. The molecule has 1 aromatic rings. The van der Waals surface area contributed by atoms with Crippen LogP contribution in [0.2, 0.25) is 0 Å². The Labute approximate surface area is 72.4 Å². The molecule has 62 valence electrons. The molecule has 0 N–H and O–H groups in total. The molecular formula is C10H12N2. The monoisotopic (exact) mass is 160 g/mol. The first kappa shape index (κ1) is 7.47. The minimum atomic E-state index is 0.504. The molecule has 0 aliphatic carbocycles. The molecule has 0 spiro atoms. The second kappa shape index (κ2) is 2.70. The third-order valence-corrected chi connectivity index (χ3v) is 2.13. The fraction of sp³-hybridized carbons (Fsp3) is 0.400. The summed E-state index contributed by atoms with van der Waals surface area (Å²) < 4.78 is 0. The fourth-order valence-corrected chi connectivity index (χ4v) is 1.33. The van der Waals surface area contributed by atoms with Gasteiger partial charge < -0.3 is 0 Å². The van der Waals surface area contributed by atoms with Crippen LogP contribution in [0, 0.1) is 0 Å². The smallest absolute Gasteiger partial charge is 0.0661 e. The van der Waals surface area contributed by atoms with E-state index in [1.54, 1.807) is 0 Å². The summed E-state index contributed by atoms with van der Waals surface area (Å²) in [6.07, 6.45) is 3.88. The molecule has 1 aromatic heterocycles. The molecule has 0 unspecified atom stereocenters. The molecule has 0 aromatic carbocycles. The molecule has 2 rings (SSSR count). The van der Waals surface area contributed by atoms with Crippen LogP contribution >= 0.6 is 0 Å². The van der Waals surface area contributed by atoms with Gasteiger partial charge in [-0.15, -0.1) is 0 Å². The Morgan fingerprint density at radius 1 is 1.42 bits per heavy atom. The van der Waals surface area contributed by atoms with Crippen LogP contribution in [-0.4, -0.2) is 11.2 Å². The number of nitrogens with zero attached hydrogens (tertiary/aromatic N) is 2. The highest BCUT2D eigenvalue weighted by Gasteiger charge is 2.08. The van der Waals surface area contributed by atoms with E-state index in [-0.39, 0.29) is 0 Å². The lowest BCUT2D eigenvalue weighted by Crippen LogP contribution is -1.95. The zero-order valence-electron chi connectivity index (χ0n) is 7.41. The second-order valence-electron chi connectivity index (χ2n) is 3.43. The van der Waals surface area contributed by atoms with Crippen molar-refractivity contribution in [3.63, 3.8) is 0 Å². The molecule has 0 bridgehead atoms. The van der Waals surface area contributed by atoms with E-state index in [0.717, 1.165) is 12.2 Å². The molecule has 12 heavy (non-hydrogen) atoms. The standard InChI is InChI=1S/C10H12N2/c1-7(2)10-3-8-4-11-5-9(8)6-12-10/h3-4,6-7H,5H2,1-2H3. The SMILES string of the molecule is CC(C)c1cc2c(cn1)CN=C2. The number of aromatic nitrogens is 1. The number of hydrogen-bond acceptors (Lipinski definition) is 2. The molecule has 0 radical (unpaired) electrons. The van der Waals surface area contributed by atoms with Gasteiger partial charge in [0.05, 0.1) is 6.54 Å². The minimum absolute atomic E-state index is 0.504. The number of pyridine rings is 1. The van der Waals surface area contributed by atoms with Gasteiger partial charge in [0.2, 0.25) is 0 Å². The third-order valence-electron chi connectivity index (χ3n) is 2.13. The first-order chi connectivity index (χ1) is 5.77. The van der Waals surface area contributed by atoms with Crippen LogP contribution in [-0.2, 0) is 6.54 Å². The quantitative estimate of drug-likeness (QED) is 0.617. The van der Waals surface area contributed by atoms with E-state index >= 15 is 0 Å². The molecule has 1 aliphatic heterocycles. The molecule has 0 saturated carbocycles. The largest absolute Gasteiger partial charge is 0.288 e. The molecule has 0 atom stereocenters. The van der Waals surface area contributed by atoms with Gasteiger partial charge in [-0.25, -0.2) is 0 Å². The van der Waals surface area contributed by atoms with Gasteiger partial charge in [0.15, 0.2) is 0 Å². The highest BCUT2D eigenvalue weighted by Crippen LogP contribution is 2.18. The maximum atomic E-state index is 4.37. The fourth-order valence-electron chi connectivity index (χ4n) is 1.33. The zero-order valence-corrected chi connectivity index (χ0v) is 7.41. The Morgan fingerprint density at radius 2 is 2.25 bits per heavy atom. The highest BCUT2D eigenvalue weighted by atomic mass is 14.8. The zero-order chi connectivity index (χ0) is 8.55. The van der Waals surface area contributed by atoms with Crippen molar-refractivity contribution in [2.24, 2.45) is 4.99 Å². The van der Waals surface area contributed by atoms with Crippen LogP contribution in [0.1, 0.15) is 36.6 Å². The molecular weight excluding hydrogens is 148 g/mol. The van der Waals surface area contributed by atoms with Gasteiger partial charge in [-0.05, 0) is 12.0 Å². The van der Waals surface area contributed by atoms with Gasteiger partial charge in [-0.2, -0.15) is 0 Å². The average molecular weight is 160 g/mol. The van der Waals surface area contributed by atoms with Gasteiger partial charge in [0.1, 0.15) is 0 Å². The van der Waals surface area contributed by atoms with Crippen molar-refractivity contribution in [3.05, 3.63) is 29.1 Å². The first-order valence-electron chi connectivity index (χ1n) is 4.26. The Balaban J connectivity index is 2.44. The summed E-state index contributed by atoms with van der Waals surface area (Å²) in [5, 5.41) is 0. The van der Waals surface area contributed by atoms with Crippen LogP contribution < -0.4 is 0 Å². The average Bonchev–Trinajstić information content (AvgIpc) is 2.49. The molecule has 0 saturated heterocycles. The lowest BCUT2D eigenvalue weighted by molar-refractivity contribution is 0.819. The van der Waals surface area contributed by atoms with Crippen LogP contribution in [0.25, 0.3) is 0 Å². The van der Waals surface area contributed by atoms with Crippen LogP contribution in [0.15, 0.2) is 17.3 Å². The van der Waals surface area contributed by atoms with Gasteiger partial charge in [0.25, 0.3) is 0 Å². The van der Waals surface area contributed by atoms with Crippen molar-refractivity contribution in [3.8, 4) is 0 Å². The summed E-state index contributed by atoms with van der Waals surface area (Å²) >= 11 is 0. The van der Waals surface area contributed by atoms with Crippen molar-refractivity contribution in [1.82, 2.24) is 4.98 Å². The number of aliphatic imine (C=N–C) groups is 1. The van der Waals surface area contributed by atoms with E-state index in [1.807, 2.05) is 12.4 Å². The highest BCUT2D eigenvalue weighted by molar-refractivity contribution is 5.84. The van der Waals surface area contributed by atoms with Gasteiger partial charge in [-0.1, -0.05) is 13.8 Å². The van der Waals surface area contributed by atoms with Crippen molar-refractivity contribution in [2.75, 3.05) is 0 Å². The minimum Gasteiger partial charge on any atom is -0.288 e. The van der Waals surface area contributed by atoms with Crippen molar-refractivity contribution < 1.29 is 0 Å². The molecule has 0 fully saturated rings. The number of hydrogen-bond donors (Lipinski definition) is 0. The first-order valence-corrected chi connectivity index (χ1v) is 4.26. The predicted octanol–water partition coefficient (Wildman–Crippen LogP) is 2.14. The van der Waals surface area contributed by atoms with E-state index in [9.17, 15) is 0 Å². The van der Waals surface area contributed by atoms with Gasteiger partial charge in [-0.3, -0.25) is 9.98 Å². The Hall–Kier alpha value is -1.18. The molecule has 2 heteroatoms. The van der Waals surface area contributed by atoms with E-state index in [2.05, 4.69) is 29.9 Å². The van der Waals surface area contributed by atoms with Crippen molar-refractivity contribution >= 4 is 6.21 Å². The number of fused-ring (bicyclic) bond motifs is 1. The molecule has 2 heterocycles. The van der Waals surface area contributed by atoms with E-state index in [4.69, 9.17) is 0 Å². The Bertz CT molecular complexity index is 327. The van der Waals surface area contributed by atoms with Crippen molar-refractivity contribution in [1.29, 1.82) is 0 Å². The van der Waals surface area contributed by atoms with Gasteiger partial charge >= 0.3 is 0 Å². The summed E-state index contributed by atoms with van der Waals surface area (Å²) in [5.41, 5.74) is 3.65. The maximum absolute atomic E-state index is 4.37. The molecule has 0 amide bonds. The maximum Gasteiger partial charge on any atom is 0.0661 e. The Morgan fingerprint density at radius 3 is 3.00 bits per heavy atom. The number of rotatable bonds is 1. The second-order valence-corrected chi connectivity index (χ2v) is 3.43.